The molecule has 9 heteroatoms. The standard InChI is InChI=1S/C23H19F3N2O4/c1-13-17-9-10-28(11-21(29)30)18(17)7-8-19(13)31-12-20-14(2)27-22(32-20)15-3-5-16(6-4-15)23(24,25)26/h3-10H,11-12H2,1-2H3,(H,29,30). The first-order valence-electron chi connectivity index (χ1n) is 9.70. The van der Waals surface area contributed by atoms with Crippen molar-refractivity contribution >= 4 is 16.9 Å². The lowest BCUT2D eigenvalue weighted by Gasteiger charge is -2.10. The predicted molar refractivity (Wildman–Crippen MR) is 110 cm³/mol. The Kier molecular flexibility index (Phi) is 5.41. The average Bonchev–Trinajstić information content (AvgIpc) is 3.30. The molecule has 0 saturated heterocycles. The molecule has 2 aromatic carbocycles. The smallest absolute Gasteiger partial charge is 0.416 e. The molecule has 2 heterocycles. The summed E-state index contributed by atoms with van der Waals surface area (Å²) in [7, 11) is 0. The van der Waals surface area contributed by atoms with Crippen molar-refractivity contribution in [2.75, 3.05) is 0 Å². The van der Waals surface area contributed by atoms with Gasteiger partial charge < -0.3 is 18.8 Å². The van der Waals surface area contributed by atoms with E-state index in [0.717, 1.165) is 28.6 Å². The van der Waals surface area contributed by atoms with E-state index in [4.69, 9.17) is 14.3 Å². The third-order valence-corrected chi connectivity index (χ3v) is 5.19. The number of fused-ring (bicyclic) bond motifs is 1. The number of oxazole rings is 1. The van der Waals surface area contributed by atoms with Crippen molar-refractivity contribution in [3.05, 3.63) is 71.2 Å². The second-order valence-corrected chi connectivity index (χ2v) is 7.35. The lowest BCUT2D eigenvalue weighted by Crippen LogP contribution is -2.07. The minimum absolute atomic E-state index is 0.0850. The van der Waals surface area contributed by atoms with Crippen LogP contribution in [0.4, 0.5) is 13.2 Å². The molecule has 0 aliphatic rings. The Bertz CT molecular complexity index is 1290. The fourth-order valence-corrected chi connectivity index (χ4v) is 3.47. The number of benzene rings is 2. The summed E-state index contributed by atoms with van der Waals surface area (Å²) in [5.41, 5.74) is 1.91. The number of halogens is 3. The van der Waals surface area contributed by atoms with Crippen molar-refractivity contribution in [3.8, 4) is 17.2 Å². The molecule has 0 saturated carbocycles. The summed E-state index contributed by atoms with van der Waals surface area (Å²) >= 11 is 0. The van der Waals surface area contributed by atoms with Crippen LogP contribution in [0.3, 0.4) is 0 Å². The Balaban J connectivity index is 1.52. The van der Waals surface area contributed by atoms with Crippen molar-refractivity contribution in [3.63, 3.8) is 0 Å². The van der Waals surface area contributed by atoms with Crippen molar-refractivity contribution in [1.82, 2.24) is 9.55 Å². The van der Waals surface area contributed by atoms with Gasteiger partial charge in [0.1, 0.15) is 18.9 Å². The number of ether oxygens (including phenoxy) is 1. The molecular formula is C23H19F3N2O4. The van der Waals surface area contributed by atoms with Crippen LogP contribution in [0.5, 0.6) is 5.75 Å². The Morgan fingerprint density at radius 1 is 1.12 bits per heavy atom. The number of alkyl halides is 3. The van der Waals surface area contributed by atoms with Crippen LogP contribution < -0.4 is 4.74 Å². The second-order valence-electron chi connectivity index (χ2n) is 7.35. The van der Waals surface area contributed by atoms with E-state index in [1.165, 1.54) is 12.1 Å². The summed E-state index contributed by atoms with van der Waals surface area (Å²) in [6.45, 7) is 3.57. The summed E-state index contributed by atoms with van der Waals surface area (Å²) in [4.78, 5) is 15.3. The molecule has 0 unspecified atom stereocenters. The van der Waals surface area contributed by atoms with Gasteiger partial charge in [-0.15, -0.1) is 0 Å². The molecule has 0 aliphatic carbocycles. The summed E-state index contributed by atoms with van der Waals surface area (Å²) in [5.74, 6) is 0.359. The minimum Gasteiger partial charge on any atom is -0.485 e. The van der Waals surface area contributed by atoms with Gasteiger partial charge in [0.25, 0.3) is 0 Å². The van der Waals surface area contributed by atoms with E-state index in [9.17, 15) is 18.0 Å². The fraction of sp³-hybridized carbons (Fsp3) is 0.217. The molecule has 166 valence electrons. The Morgan fingerprint density at radius 3 is 2.50 bits per heavy atom. The second kappa shape index (κ2) is 8.07. The average molecular weight is 444 g/mol. The Labute approximate surface area is 180 Å². The first kappa shape index (κ1) is 21.5. The number of carbonyl (C=O) groups is 1. The molecule has 1 N–H and O–H groups in total. The van der Waals surface area contributed by atoms with E-state index in [1.54, 1.807) is 29.8 Å². The highest BCUT2D eigenvalue weighted by Gasteiger charge is 2.30. The molecular weight excluding hydrogens is 425 g/mol. The van der Waals surface area contributed by atoms with E-state index in [2.05, 4.69) is 4.98 Å². The molecule has 0 aliphatic heterocycles. The predicted octanol–water partition coefficient (Wildman–Crippen LogP) is 5.60. The van der Waals surface area contributed by atoms with Gasteiger partial charge in [0.05, 0.1) is 11.3 Å². The molecule has 0 radical (unpaired) electrons. The molecule has 4 rings (SSSR count). The van der Waals surface area contributed by atoms with Gasteiger partial charge in [-0.3, -0.25) is 4.79 Å². The summed E-state index contributed by atoms with van der Waals surface area (Å²) < 4.78 is 51.6. The van der Waals surface area contributed by atoms with Gasteiger partial charge in [0.15, 0.2) is 5.76 Å². The minimum atomic E-state index is -4.41. The Morgan fingerprint density at radius 2 is 1.84 bits per heavy atom. The first-order valence-corrected chi connectivity index (χ1v) is 9.70. The number of carboxylic acid groups (broad SMARTS) is 1. The van der Waals surface area contributed by atoms with Gasteiger partial charge in [-0.25, -0.2) is 4.98 Å². The lowest BCUT2D eigenvalue weighted by molar-refractivity contribution is -0.138. The number of hydrogen-bond donors (Lipinski definition) is 1. The van der Waals surface area contributed by atoms with E-state index < -0.39 is 17.7 Å². The van der Waals surface area contributed by atoms with E-state index >= 15 is 0 Å². The van der Waals surface area contributed by atoms with Crippen LogP contribution in [0, 0.1) is 13.8 Å². The zero-order valence-corrected chi connectivity index (χ0v) is 17.2. The largest absolute Gasteiger partial charge is 0.485 e. The molecule has 6 nitrogen and oxygen atoms in total. The monoisotopic (exact) mass is 444 g/mol. The number of aliphatic carboxylic acids is 1. The maximum Gasteiger partial charge on any atom is 0.416 e. The van der Waals surface area contributed by atoms with Crippen molar-refractivity contribution in [2.24, 2.45) is 0 Å². The molecule has 32 heavy (non-hydrogen) atoms. The quantitative estimate of drug-likeness (QED) is 0.419. The Hall–Kier alpha value is -3.75. The number of carboxylic acids is 1. The van der Waals surface area contributed by atoms with Crippen LogP contribution in [0.1, 0.15) is 22.6 Å². The summed E-state index contributed by atoms with van der Waals surface area (Å²) in [5, 5.41) is 9.90. The van der Waals surface area contributed by atoms with Crippen molar-refractivity contribution < 1.29 is 32.2 Å². The lowest BCUT2D eigenvalue weighted by atomic mass is 10.1. The topological polar surface area (TPSA) is 77.5 Å². The van der Waals surface area contributed by atoms with Crippen LogP contribution in [-0.2, 0) is 24.1 Å². The third-order valence-electron chi connectivity index (χ3n) is 5.19. The summed E-state index contributed by atoms with van der Waals surface area (Å²) in [6.07, 6.45) is -2.69. The van der Waals surface area contributed by atoms with Gasteiger partial charge in [-0.05, 0) is 56.3 Å². The van der Waals surface area contributed by atoms with Gasteiger partial charge in [-0.2, -0.15) is 13.2 Å². The summed E-state index contributed by atoms with van der Waals surface area (Å²) in [6, 6.07) is 10.0. The van der Waals surface area contributed by atoms with E-state index in [1.807, 2.05) is 13.0 Å². The number of nitrogens with zero attached hydrogens (tertiary/aromatic N) is 2. The maximum absolute atomic E-state index is 12.8. The highest BCUT2D eigenvalue weighted by molar-refractivity contribution is 5.86. The normalized spacial score (nSPS) is 11.8. The molecule has 0 fully saturated rings. The highest BCUT2D eigenvalue weighted by Crippen LogP contribution is 2.32. The van der Waals surface area contributed by atoms with Crippen LogP contribution in [0.2, 0.25) is 0 Å². The SMILES string of the molecule is Cc1nc(-c2ccc(C(F)(F)F)cc2)oc1COc1ccc2c(ccn2CC(=O)O)c1C. The zero-order valence-electron chi connectivity index (χ0n) is 17.2. The van der Waals surface area contributed by atoms with Gasteiger partial charge >= 0.3 is 12.1 Å². The van der Waals surface area contributed by atoms with Crippen LogP contribution in [0.15, 0.2) is 53.1 Å². The van der Waals surface area contributed by atoms with Crippen molar-refractivity contribution in [1.29, 1.82) is 0 Å². The zero-order chi connectivity index (χ0) is 23.0. The maximum atomic E-state index is 12.8. The fourth-order valence-electron chi connectivity index (χ4n) is 3.47. The van der Waals surface area contributed by atoms with Crippen LogP contribution >= 0.6 is 0 Å². The number of aromatic nitrogens is 2. The van der Waals surface area contributed by atoms with E-state index in [0.29, 0.717) is 22.8 Å². The van der Waals surface area contributed by atoms with Crippen molar-refractivity contribution in [2.45, 2.75) is 33.2 Å². The van der Waals surface area contributed by atoms with E-state index in [-0.39, 0.29) is 19.0 Å². The molecule has 4 aromatic rings. The number of rotatable bonds is 6. The highest BCUT2D eigenvalue weighted by atomic mass is 19.4. The molecule has 0 bridgehead atoms. The molecule has 0 amide bonds. The molecule has 0 spiro atoms. The number of hydrogen-bond acceptors (Lipinski definition) is 4. The van der Waals surface area contributed by atoms with Gasteiger partial charge in [0, 0.05) is 28.2 Å². The van der Waals surface area contributed by atoms with Gasteiger partial charge in [0.2, 0.25) is 5.89 Å². The molecule has 2 aromatic heterocycles. The van der Waals surface area contributed by atoms with Gasteiger partial charge in [-0.1, -0.05) is 0 Å². The molecule has 0 atom stereocenters. The van der Waals surface area contributed by atoms with Crippen LogP contribution in [0.25, 0.3) is 22.4 Å². The first-order chi connectivity index (χ1) is 15.1. The third kappa shape index (κ3) is 4.18. The number of aryl methyl sites for hydroxylation is 2. The van der Waals surface area contributed by atoms with Crippen LogP contribution in [-0.4, -0.2) is 20.6 Å².